The van der Waals surface area contributed by atoms with Crippen LogP contribution < -0.4 is 0 Å². The smallest absolute Gasteiger partial charge is 0.192 e. The first kappa shape index (κ1) is 13.2. The number of hydrogen-bond donors (Lipinski definition) is 0. The molecular weight excluding hydrogens is 259 g/mol. The first-order chi connectivity index (χ1) is 7.49. The molecule has 0 radical (unpaired) electrons. The molecule has 0 aliphatic carbocycles. The molecule has 1 rings (SSSR count). The third kappa shape index (κ3) is 3.32. The molecule has 0 fully saturated rings. The monoisotopic (exact) mass is 265 g/mol. The van der Waals surface area contributed by atoms with Crippen LogP contribution in [0.5, 0.6) is 0 Å². The van der Waals surface area contributed by atoms with Crippen LogP contribution >= 0.6 is 23.4 Å². The molecule has 0 N–H and O–H groups in total. The lowest BCUT2D eigenvalue weighted by molar-refractivity contribution is -0.137. The Hall–Kier alpha value is -0.860. The van der Waals surface area contributed by atoms with Gasteiger partial charge < -0.3 is 0 Å². The van der Waals surface area contributed by atoms with Gasteiger partial charge in [-0.25, -0.2) is 0 Å². The molecule has 0 amide bonds. The van der Waals surface area contributed by atoms with Crippen molar-refractivity contribution in [1.29, 1.82) is 5.26 Å². The number of hydrogen-bond acceptors (Lipinski definition) is 2. The summed E-state index contributed by atoms with van der Waals surface area (Å²) < 4.78 is 37.3. The summed E-state index contributed by atoms with van der Waals surface area (Å²) >= 11 is 6.78. The fourth-order valence-corrected chi connectivity index (χ4v) is 2.02. The van der Waals surface area contributed by atoms with Crippen molar-refractivity contribution < 1.29 is 13.2 Å². The first-order valence-electron chi connectivity index (χ1n) is 4.29. The van der Waals surface area contributed by atoms with E-state index in [0.29, 0.717) is 16.5 Å². The molecule has 0 saturated carbocycles. The largest absolute Gasteiger partial charge is 0.417 e. The highest BCUT2D eigenvalue weighted by atomic mass is 35.5. The molecule has 1 nitrogen and oxygen atoms in total. The fraction of sp³-hybridized carbons (Fsp3) is 0.300. The van der Waals surface area contributed by atoms with Crippen molar-refractivity contribution in [2.24, 2.45) is 0 Å². The minimum atomic E-state index is -4.49. The van der Waals surface area contributed by atoms with Crippen molar-refractivity contribution in [3.63, 3.8) is 0 Å². The van der Waals surface area contributed by atoms with E-state index >= 15 is 0 Å². The van der Waals surface area contributed by atoms with Gasteiger partial charge in [-0.2, -0.15) is 18.4 Å². The van der Waals surface area contributed by atoms with Gasteiger partial charge in [0.25, 0.3) is 0 Å². The molecule has 16 heavy (non-hydrogen) atoms. The second kappa shape index (κ2) is 5.46. The van der Waals surface area contributed by atoms with Gasteiger partial charge in [-0.05, 0) is 18.2 Å². The molecule has 0 bridgehead atoms. The van der Waals surface area contributed by atoms with Crippen molar-refractivity contribution in [3.8, 4) is 6.07 Å². The molecule has 0 atom stereocenters. The molecule has 0 aliphatic rings. The molecule has 6 heteroatoms. The fourth-order valence-electron chi connectivity index (χ4n) is 1.11. The number of benzene rings is 1. The summed E-state index contributed by atoms with van der Waals surface area (Å²) in [7, 11) is 0. The molecule has 0 heterocycles. The van der Waals surface area contributed by atoms with Crippen molar-refractivity contribution in [3.05, 3.63) is 29.3 Å². The van der Waals surface area contributed by atoms with Crippen molar-refractivity contribution in [1.82, 2.24) is 0 Å². The van der Waals surface area contributed by atoms with Crippen molar-refractivity contribution in [2.45, 2.75) is 11.1 Å². The normalized spacial score (nSPS) is 11.2. The SMILES string of the molecule is N#Cc1cc(SCCCl)ccc1C(F)(F)F. The van der Waals surface area contributed by atoms with Gasteiger partial charge in [0.1, 0.15) is 0 Å². The molecule has 0 unspecified atom stereocenters. The van der Waals surface area contributed by atoms with Gasteiger partial charge in [-0.1, -0.05) is 0 Å². The predicted octanol–water partition coefficient (Wildman–Crippen LogP) is 3.91. The lowest BCUT2D eigenvalue weighted by atomic mass is 10.1. The van der Waals surface area contributed by atoms with E-state index in [1.54, 1.807) is 6.07 Å². The summed E-state index contributed by atoms with van der Waals surface area (Å²) in [5.41, 5.74) is -1.25. The van der Waals surface area contributed by atoms with Crippen LogP contribution in [0.3, 0.4) is 0 Å². The van der Waals surface area contributed by atoms with Crippen LogP contribution in [0.2, 0.25) is 0 Å². The minimum absolute atomic E-state index is 0.355. The van der Waals surface area contributed by atoms with Gasteiger partial charge in [0.05, 0.1) is 17.2 Å². The Morgan fingerprint density at radius 1 is 1.38 bits per heavy atom. The molecule has 86 valence electrons. The highest BCUT2D eigenvalue weighted by molar-refractivity contribution is 7.99. The average Bonchev–Trinajstić information content (AvgIpc) is 2.24. The van der Waals surface area contributed by atoms with Gasteiger partial charge in [-0.15, -0.1) is 23.4 Å². The van der Waals surface area contributed by atoms with Crippen LogP contribution in [0.25, 0.3) is 0 Å². The van der Waals surface area contributed by atoms with E-state index in [2.05, 4.69) is 0 Å². The zero-order valence-electron chi connectivity index (χ0n) is 8.01. The Morgan fingerprint density at radius 3 is 2.56 bits per heavy atom. The lowest BCUT2D eigenvalue weighted by Crippen LogP contribution is -2.07. The zero-order valence-corrected chi connectivity index (χ0v) is 9.59. The van der Waals surface area contributed by atoms with Gasteiger partial charge in [0.2, 0.25) is 0 Å². The van der Waals surface area contributed by atoms with Gasteiger partial charge >= 0.3 is 6.18 Å². The average molecular weight is 266 g/mol. The van der Waals surface area contributed by atoms with Gasteiger partial charge in [-0.3, -0.25) is 0 Å². The molecule has 1 aromatic rings. The maximum absolute atomic E-state index is 12.4. The number of alkyl halides is 4. The number of nitrogens with zero attached hydrogens (tertiary/aromatic N) is 1. The van der Waals surface area contributed by atoms with Crippen LogP contribution in [0.15, 0.2) is 23.1 Å². The van der Waals surface area contributed by atoms with Crippen molar-refractivity contribution >= 4 is 23.4 Å². The van der Waals surface area contributed by atoms with Crippen LogP contribution in [0, 0.1) is 11.3 Å². The number of thioether (sulfide) groups is 1. The van der Waals surface area contributed by atoms with Gasteiger partial charge in [0, 0.05) is 16.5 Å². The number of nitriles is 1. The first-order valence-corrected chi connectivity index (χ1v) is 5.81. The van der Waals surface area contributed by atoms with E-state index in [1.807, 2.05) is 0 Å². The van der Waals surface area contributed by atoms with E-state index in [9.17, 15) is 13.2 Å². The summed E-state index contributed by atoms with van der Waals surface area (Å²) in [6.07, 6.45) is -4.49. The topological polar surface area (TPSA) is 23.8 Å². The Bertz CT molecular complexity index is 412. The Balaban J connectivity index is 3.04. The highest BCUT2D eigenvalue weighted by Crippen LogP contribution is 2.33. The quantitative estimate of drug-likeness (QED) is 0.611. The summed E-state index contributed by atoms with van der Waals surface area (Å²) in [4.78, 5) is 0.616. The van der Waals surface area contributed by atoms with E-state index in [0.717, 1.165) is 6.07 Å². The summed E-state index contributed by atoms with van der Waals surface area (Å²) in [6.45, 7) is 0. The molecule has 0 spiro atoms. The van der Waals surface area contributed by atoms with Crippen LogP contribution in [0.1, 0.15) is 11.1 Å². The van der Waals surface area contributed by atoms with E-state index in [4.69, 9.17) is 16.9 Å². The maximum atomic E-state index is 12.4. The summed E-state index contributed by atoms with van der Waals surface area (Å²) in [6, 6.07) is 5.06. The third-order valence-corrected chi connectivity index (χ3v) is 3.17. The Kier molecular flexibility index (Phi) is 4.51. The maximum Gasteiger partial charge on any atom is 0.417 e. The molecule has 0 aliphatic heterocycles. The molecule has 0 saturated heterocycles. The standard InChI is InChI=1S/C10H7ClF3NS/c11-3-4-16-8-1-2-9(10(12,13)14)7(5-8)6-15/h1-2,5H,3-4H2. The summed E-state index contributed by atoms with van der Waals surface area (Å²) in [5, 5.41) is 8.65. The third-order valence-electron chi connectivity index (χ3n) is 1.76. The molecular formula is C10H7ClF3NS. The highest BCUT2D eigenvalue weighted by Gasteiger charge is 2.33. The van der Waals surface area contributed by atoms with Gasteiger partial charge in [0.15, 0.2) is 0 Å². The second-order valence-corrected chi connectivity index (χ2v) is 4.40. The molecule has 1 aromatic carbocycles. The van der Waals surface area contributed by atoms with E-state index in [1.165, 1.54) is 23.9 Å². The lowest BCUT2D eigenvalue weighted by Gasteiger charge is -2.09. The second-order valence-electron chi connectivity index (χ2n) is 2.85. The Morgan fingerprint density at radius 2 is 2.06 bits per heavy atom. The van der Waals surface area contributed by atoms with Crippen LogP contribution in [-0.2, 0) is 6.18 Å². The minimum Gasteiger partial charge on any atom is -0.192 e. The van der Waals surface area contributed by atoms with Crippen LogP contribution in [-0.4, -0.2) is 11.6 Å². The zero-order chi connectivity index (χ0) is 12.2. The number of rotatable bonds is 3. The van der Waals surface area contributed by atoms with E-state index < -0.39 is 11.7 Å². The van der Waals surface area contributed by atoms with Crippen LogP contribution in [0.4, 0.5) is 13.2 Å². The summed E-state index contributed by atoms with van der Waals surface area (Å²) in [5.74, 6) is 1.01. The van der Waals surface area contributed by atoms with E-state index in [-0.39, 0.29) is 5.56 Å². The molecule has 0 aromatic heterocycles. The van der Waals surface area contributed by atoms with Crippen molar-refractivity contribution in [2.75, 3.05) is 11.6 Å². The Labute approximate surface area is 100 Å². The predicted molar refractivity (Wildman–Crippen MR) is 57.6 cm³/mol. The number of halogens is 4.